The van der Waals surface area contributed by atoms with Gasteiger partial charge in [-0.3, -0.25) is 4.98 Å². The van der Waals surface area contributed by atoms with E-state index in [1.807, 2.05) is 39.1 Å². The number of pyridine rings is 1. The van der Waals surface area contributed by atoms with E-state index in [9.17, 15) is 0 Å². The lowest BCUT2D eigenvalue weighted by Crippen LogP contribution is -2.39. The van der Waals surface area contributed by atoms with E-state index in [1.165, 1.54) is 0 Å². The Labute approximate surface area is 91.3 Å². The summed E-state index contributed by atoms with van der Waals surface area (Å²) in [6.07, 6.45) is 2.53. The van der Waals surface area contributed by atoms with E-state index in [0.29, 0.717) is 6.42 Å². The first-order chi connectivity index (χ1) is 6.95. The molecule has 1 rings (SSSR count). The summed E-state index contributed by atoms with van der Waals surface area (Å²) in [4.78, 5) is 4.26. The van der Waals surface area contributed by atoms with Crippen molar-refractivity contribution in [1.82, 2.24) is 4.98 Å². The molecule has 84 valence electrons. The Morgan fingerprint density at radius 3 is 2.53 bits per heavy atom. The minimum absolute atomic E-state index is 0.149. The molecule has 0 aliphatic heterocycles. The van der Waals surface area contributed by atoms with Gasteiger partial charge in [0.15, 0.2) is 0 Å². The molecule has 1 aromatic heterocycles. The average molecular weight is 208 g/mol. The molecule has 0 saturated carbocycles. The zero-order valence-corrected chi connectivity index (χ0v) is 9.70. The van der Waals surface area contributed by atoms with Crippen LogP contribution in [0, 0.1) is 6.92 Å². The van der Waals surface area contributed by atoms with Gasteiger partial charge in [0.25, 0.3) is 0 Å². The number of aliphatic hydroxyl groups excluding tert-OH is 1. The standard InChI is InChI=1S/C12H20N2O/c1-9-4-5-10(8-14-9)11(6-7-15)12(2,3)13/h4-5,8,11,15H,6-7,13H2,1-3H3. The van der Waals surface area contributed by atoms with Crippen molar-refractivity contribution >= 4 is 0 Å². The Hall–Kier alpha value is -0.930. The largest absolute Gasteiger partial charge is 0.396 e. The summed E-state index contributed by atoms with van der Waals surface area (Å²) in [6, 6.07) is 4.02. The first kappa shape index (κ1) is 12.1. The Kier molecular flexibility index (Phi) is 3.83. The highest BCUT2D eigenvalue weighted by Gasteiger charge is 2.26. The second-order valence-corrected chi connectivity index (χ2v) is 4.62. The quantitative estimate of drug-likeness (QED) is 0.790. The molecule has 3 heteroatoms. The molecule has 0 aliphatic rings. The SMILES string of the molecule is Cc1ccc(C(CCO)C(C)(C)N)cn1. The lowest BCUT2D eigenvalue weighted by atomic mass is 9.81. The van der Waals surface area contributed by atoms with Crippen LogP contribution in [0.25, 0.3) is 0 Å². The second-order valence-electron chi connectivity index (χ2n) is 4.62. The molecule has 0 aliphatic carbocycles. The van der Waals surface area contributed by atoms with Gasteiger partial charge in [-0.25, -0.2) is 0 Å². The van der Waals surface area contributed by atoms with E-state index in [1.54, 1.807) is 0 Å². The summed E-state index contributed by atoms with van der Waals surface area (Å²) >= 11 is 0. The molecule has 3 nitrogen and oxygen atoms in total. The molecule has 0 bridgehead atoms. The number of aromatic nitrogens is 1. The molecule has 0 aromatic carbocycles. The molecule has 1 unspecified atom stereocenters. The van der Waals surface area contributed by atoms with Crippen molar-refractivity contribution in [2.75, 3.05) is 6.61 Å². The minimum Gasteiger partial charge on any atom is -0.396 e. The van der Waals surface area contributed by atoms with Crippen LogP contribution in [-0.4, -0.2) is 22.2 Å². The van der Waals surface area contributed by atoms with Crippen LogP contribution in [0.15, 0.2) is 18.3 Å². The van der Waals surface area contributed by atoms with Gasteiger partial charge in [-0.2, -0.15) is 0 Å². The highest BCUT2D eigenvalue weighted by atomic mass is 16.3. The first-order valence-electron chi connectivity index (χ1n) is 5.27. The maximum absolute atomic E-state index is 9.04. The monoisotopic (exact) mass is 208 g/mol. The van der Waals surface area contributed by atoms with Gasteiger partial charge in [-0.05, 0) is 38.8 Å². The number of nitrogens with two attached hydrogens (primary N) is 1. The molecule has 3 N–H and O–H groups in total. The van der Waals surface area contributed by atoms with Crippen LogP contribution in [0.5, 0.6) is 0 Å². The lowest BCUT2D eigenvalue weighted by molar-refractivity contribution is 0.250. The number of hydrogen-bond donors (Lipinski definition) is 2. The van der Waals surface area contributed by atoms with Crippen molar-refractivity contribution in [2.24, 2.45) is 5.73 Å². The van der Waals surface area contributed by atoms with Crippen molar-refractivity contribution in [2.45, 2.75) is 38.6 Å². The Morgan fingerprint density at radius 2 is 2.13 bits per heavy atom. The Morgan fingerprint density at radius 1 is 1.47 bits per heavy atom. The zero-order chi connectivity index (χ0) is 11.5. The number of rotatable bonds is 4. The molecule has 0 fully saturated rings. The molecule has 0 radical (unpaired) electrons. The summed E-state index contributed by atoms with van der Waals surface area (Å²) in [5.74, 6) is 0.149. The van der Waals surface area contributed by atoms with E-state index in [2.05, 4.69) is 4.98 Å². The summed E-state index contributed by atoms with van der Waals surface area (Å²) in [6.45, 7) is 6.07. The predicted octanol–water partition coefficient (Wildman–Crippen LogP) is 1.59. The van der Waals surface area contributed by atoms with Crippen LogP contribution in [0.1, 0.15) is 37.4 Å². The van der Waals surface area contributed by atoms with Crippen LogP contribution in [0.3, 0.4) is 0 Å². The predicted molar refractivity (Wildman–Crippen MR) is 61.7 cm³/mol. The van der Waals surface area contributed by atoms with E-state index < -0.39 is 0 Å². The molecule has 0 amide bonds. The smallest absolute Gasteiger partial charge is 0.0437 e. The third kappa shape index (κ3) is 3.29. The molecule has 1 atom stereocenters. The van der Waals surface area contributed by atoms with Gasteiger partial charge < -0.3 is 10.8 Å². The van der Waals surface area contributed by atoms with Gasteiger partial charge in [0.05, 0.1) is 0 Å². The van der Waals surface area contributed by atoms with Crippen molar-refractivity contribution in [3.05, 3.63) is 29.6 Å². The third-order valence-corrected chi connectivity index (χ3v) is 2.65. The lowest BCUT2D eigenvalue weighted by Gasteiger charge is -2.30. The number of aliphatic hydroxyl groups is 1. The molecule has 1 aromatic rings. The van der Waals surface area contributed by atoms with Gasteiger partial charge in [0, 0.05) is 30.0 Å². The minimum atomic E-state index is -0.334. The summed E-state index contributed by atoms with van der Waals surface area (Å²) in [5, 5.41) is 9.04. The fourth-order valence-electron chi connectivity index (χ4n) is 1.78. The fourth-order valence-corrected chi connectivity index (χ4v) is 1.78. The van der Waals surface area contributed by atoms with Crippen molar-refractivity contribution in [1.29, 1.82) is 0 Å². The molecular weight excluding hydrogens is 188 g/mol. The molecular formula is C12H20N2O. The van der Waals surface area contributed by atoms with Crippen LogP contribution in [0.4, 0.5) is 0 Å². The van der Waals surface area contributed by atoms with E-state index in [4.69, 9.17) is 10.8 Å². The number of hydrogen-bond acceptors (Lipinski definition) is 3. The topological polar surface area (TPSA) is 59.1 Å². The zero-order valence-electron chi connectivity index (χ0n) is 9.70. The van der Waals surface area contributed by atoms with Gasteiger partial charge in [0.2, 0.25) is 0 Å². The van der Waals surface area contributed by atoms with Crippen LogP contribution >= 0.6 is 0 Å². The molecule has 0 saturated heterocycles. The van der Waals surface area contributed by atoms with Crippen LogP contribution < -0.4 is 5.73 Å². The van der Waals surface area contributed by atoms with Crippen molar-refractivity contribution < 1.29 is 5.11 Å². The maximum atomic E-state index is 9.04. The van der Waals surface area contributed by atoms with E-state index in [0.717, 1.165) is 11.3 Å². The van der Waals surface area contributed by atoms with Gasteiger partial charge in [0.1, 0.15) is 0 Å². The van der Waals surface area contributed by atoms with Gasteiger partial charge in [-0.1, -0.05) is 6.07 Å². The van der Waals surface area contributed by atoms with Gasteiger partial charge >= 0.3 is 0 Å². The van der Waals surface area contributed by atoms with E-state index in [-0.39, 0.29) is 18.1 Å². The highest BCUT2D eigenvalue weighted by Crippen LogP contribution is 2.28. The maximum Gasteiger partial charge on any atom is 0.0437 e. The van der Waals surface area contributed by atoms with Crippen molar-refractivity contribution in [3.8, 4) is 0 Å². The average Bonchev–Trinajstić information content (AvgIpc) is 2.14. The number of nitrogens with zero attached hydrogens (tertiary/aromatic N) is 1. The summed E-state index contributed by atoms with van der Waals surface area (Å²) in [5.41, 5.74) is 7.86. The van der Waals surface area contributed by atoms with Crippen LogP contribution in [0.2, 0.25) is 0 Å². The number of aryl methyl sites for hydroxylation is 1. The Bertz CT molecular complexity index is 300. The summed E-state index contributed by atoms with van der Waals surface area (Å²) < 4.78 is 0. The van der Waals surface area contributed by atoms with Crippen molar-refractivity contribution in [3.63, 3.8) is 0 Å². The first-order valence-corrected chi connectivity index (χ1v) is 5.27. The highest BCUT2D eigenvalue weighted by molar-refractivity contribution is 5.21. The van der Waals surface area contributed by atoms with E-state index >= 15 is 0 Å². The summed E-state index contributed by atoms with van der Waals surface area (Å²) in [7, 11) is 0. The van der Waals surface area contributed by atoms with Crippen LogP contribution in [-0.2, 0) is 0 Å². The molecule has 1 heterocycles. The second kappa shape index (κ2) is 4.73. The normalized spacial score (nSPS) is 13.9. The Balaban J connectivity index is 2.94. The molecule has 0 spiro atoms. The third-order valence-electron chi connectivity index (χ3n) is 2.65. The van der Waals surface area contributed by atoms with Gasteiger partial charge in [-0.15, -0.1) is 0 Å². The molecule has 15 heavy (non-hydrogen) atoms. The fraction of sp³-hybridized carbons (Fsp3) is 0.583.